The lowest BCUT2D eigenvalue weighted by molar-refractivity contribution is 1.12. The van der Waals surface area contributed by atoms with Gasteiger partial charge in [-0.05, 0) is 30.4 Å². The summed E-state index contributed by atoms with van der Waals surface area (Å²) in [6.45, 7) is 2.15. The van der Waals surface area contributed by atoms with Crippen LogP contribution in [0.2, 0.25) is 0 Å². The quantitative estimate of drug-likeness (QED) is 0.586. The average molecular weight is 151 g/mol. The highest BCUT2D eigenvalue weighted by molar-refractivity contribution is 7.98. The molecule has 0 aromatic heterocycles. The Morgan fingerprint density at radius 1 is 1.50 bits per heavy atom. The number of thioether (sulfide) groups is 1. The second-order valence-corrected chi connectivity index (χ2v) is 2.95. The van der Waals surface area contributed by atoms with Gasteiger partial charge < -0.3 is 0 Å². The summed E-state index contributed by atoms with van der Waals surface area (Å²) < 4.78 is 0. The maximum Gasteiger partial charge on any atom is 0.0151 e. The van der Waals surface area contributed by atoms with Crippen molar-refractivity contribution in [2.45, 2.75) is 18.2 Å². The summed E-state index contributed by atoms with van der Waals surface area (Å²) in [5, 5.41) is 0. The monoisotopic (exact) mass is 151 g/mol. The zero-order valence-electron chi connectivity index (χ0n) is 6.35. The Morgan fingerprint density at radius 2 is 2.30 bits per heavy atom. The van der Waals surface area contributed by atoms with Gasteiger partial charge in [-0.15, -0.1) is 11.8 Å². The van der Waals surface area contributed by atoms with Crippen LogP contribution in [-0.4, -0.2) is 6.26 Å². The number of aryl methyl sites for hydroxylation is 1. The Balaban J connectivity index is 2.87. The van der Waals surface area contributed by atoms with Crippen LogP contribution in [0.15, 0.2) is 23.1 Å². The minimum absolute atomic E-state index is 1.08. The molecule has 0 atom stereocenters. The minimum Gasteiger partial charge on any atom is -0.129 e. The fraction of sp³-hybridized carbons (Fsp3) is 0.333. The van der Waals surface area contributed by atoms with Gasteiger partial charge in [0.15, 0.2) is 0 Å². The zero-order valence-corrected chi connectivity index (χ0v) is 7.16. The summed E-state index contributed by atoms with van der Waals surface area (Å²) in [5.74, 6) is 0. The Labute approximate surface area is 66.6 Å². The Bertz CT molecular complexity index is 186. The maximum atomic E-state index is 3.31. The van der Waals surface area contributed by atoms with Crippen LogP contribution < -0.4 is 0 Å². The second-order valence-electron chi connectivity index (χ2n) is 2.10. The smallest absolute Gasteiger partial charge is 0.0151 e. The molecule has 0 bridgehead atoms. The number of rotatable bonds is 2. The van der Waals surface area contributed by atoms with Gasteiger partial charge in [0, 0.05) is 4.90 Å². The third-order valence-electron chi connectivity index (χ3n) is 1.43. The van der Waals surface area contributed by atoms with Gasteiger partial charge in [-0.3, -0.25) is 0 Å². The van der Waals surface area contributed by atoms with Gasteiger partial charge in [-0.1, -0.05) is 19.1 Å². The first kappa shape index (κ1) is 7.67. The first-order valence-corrected chi connectivity index (χ1v) is 4.64. The fourth-order valence-corrected chi connectivity index (χ4v) is 1.27. The van der Waals surface area contributed by atoms with Gasteiger partial charge in [0.05, 0.1) is 0 Å². The molecule has 0 aliphatic heterocycles. The SMILES string of the molecule is CCc1[c]c(SC)ccc1. The summed E-state index contributed by atoms with van der Waals surface area (Å²) in [7, 11) is 0. The molecule has 0 spiro atoms. The topological polar surface area (TPSA) is 0 Å². The molecule has 0 fully saturated rings. The highest BCUT2D eigenvalue weighted by Gasteiger charge is 1.90. The van der Waals surface area contributed by atoms with E-state index in [0.29, 0.717) is 0 Å². The second kappa shape index (κ2) is 3.67. The summed E-state index contributed by atoms with van der Waals surface area (Å²) >= 11 is 1.74. The Kier molecular flexibility index (Phi) is 2.82. The van der Waals surface area contributed by atoms with Crippen molar-refractivity contribution in [1.29, 1.82) is 0 Å². The molecule has 0 unspecified atom stereocenters. The van der Waals surface area contributed by atoms with E-state index in [9.17, 15) is 0 Å². The van der Waals surface area contributed by atoms with Gasteiger partial charge in [0.1, 0.15) is 0 Å². The Morgan fingerprint density at radius 3 is 2.90 bits per heavy atom. The highest BCUT2D eigenvalue weighted by Crippen LogP contribution is 2.14. The third kappa shape index (κ3) is 1.77. The predicted molar refractivity (Wildman–Crippen MR) is 46.4 cm³/mol. The van der Waals surface area contributed by atoms with Gasteiger partial charge in [0.2, 0.25) is 0 Å². The minimum atomic E-state index is 1.08. The fourth-order valence-electron chi connectivity index (χ4n) is 0.819. The number of hydrogen-bond acceptors (Lipinski definition) is 1. The molecule has 0 saturated carbocycles. The van der Waals surface area contributed by atoms with Crippen molar-refractivity contribution >= 4 is 11.8 Å². The van der Waals surface area contributed by atoms with Crippen LogP contribution >= 0.6 is 11.8 Å². The van der Waals surface area contributed by atoms with Crippen LogP contribution in [0.3, 0.4) is 0 Å². The zero-order chi connectivity index (χ0) is 7.40. The molecule has 1 heteroatoms. The molecular formula is C9H11S. The van der Waals surface area contributed by atoms with Gasteiger partial charge in [-0.2, -0.15) is 0 Å². The van der Waals surface area contributed by atoms with Crippen LogP contribution in [-0.2, 0) is 6.42 Å². The van der Waals surface area contributed by atoms with Crippen LogP contribution in [0.25, 0.3) is 0 Å². The lowest BCUT2D eigenvalue weighted by Crippen LogP contribution is -1.79. The summed E-state index contributed by atoms with van der Waals surface area (Å²) in [4.78, 5) is 1.24. The van der Waals surface area contributed by atoms with Gasteiger partial charge >= 0.3 is 0 Å². The van der Waals surface area contributed by atoms with E-state index < -0.39 is 0 Å². The van der Waals surface area contributed by atoms with Crippen LogP contribution in [0.4, 0.5) is 0 Å². The molecular weight excluding hydrogens is 140 g/mol. The van der Waals surface area contributed by atoms with E-state index in [1.165, 1.54) is 10.5 Å². The molecule has 10 heavy (non-hydrogen) atoms. The summed E-state index contributed by atoms with van der Waals surface area (Å²) in [6, 6.07) is 9.59. The molecule has 0 heterocycles. The van der Waals surface area contributed by atoms with E-state index >= 15 is 0 Å². The van der Waals surface area contributed by atoms with E-state index in [-0.39, 0.29) is 0 Å². The standard InChI is InChI=1S/C9H11S/c1-3-8-5-4-6-9(7-8)10-2/h4-6H,3H2,1-2H3. The predicted octanol–water partition coefficient (Wildman–Crippen LogP) is 2.77. The first-order chi connectivity index (χ1) is 4.86. The molecule has 0 aliphatic rings. The molecule has 1 rings (SSSR count). The van der Waals surface area contributed by atoms with Crippen molar-refractivity contribution in [3.63, 3.8) is 0 Å². The van der Waals surface area contributed by atoms with E-state index in [1.54, 1.807) is 11.8 Å². The van der Waals surface area contributed by atoms with Crippen molar-refractivity contribution < 1.29 is 0 Å². The summed E-state index contributed by atoms with van der Waals surface area (Å²) in [6.07, 6.45) is 3.15. The number of hydrogen-bond donors (Lipinski definition) is 0. The average Bonchev–Trinajstić information content (AvgIpc) is 2.05. The normalized spacial score (nSPS) is 9.80. The van der Waals surface area contributed by atoms with Gasteiger partial charge in [0.25, 0.3) is 0 Å². The van der Waals surface area contributed by atoms with Crippen molar-refractivity contribution in [2.24, 2.45) is 0 Å². The van der Waals surface area contributed by atoms with Crippen molar-refractivity contribution in [2.75, 3.05) is 6.26 Å². The number of benzene rings is 1. The van der Waals surface area contributed by atoms with E-state index in [4.69, 9.17) is 0 Å². The lowest BCUT2D eigenvalue weighted by Gasteiger charge is -1.97. The molecule has 53 valence electrons. The van der Waals surface area contributed by atoms with Crippen LogP contribution in [0.5, 0.6) is 0 Å². The third-order valence-corrected chi connectivity index (χ3v) is 2.11. The van der Waals surface area contributed by atoms with E-state index in [2.05, 4.69) is 37.4 Å². The van der Waals surface area contributed by atoms with E-state index in [1.807, 2.05) is 0 Å². The highest BCUT2D eigenvalue weighted by atomic mass is 32.2. The van der Waals surface area contributed by atoms with Crippen molar-refractivity contribution in [3.8, 4) is 0 Å². The lowest BCUT2D eigenvalue weighted by atomic mass is 10.2. The maximum absolute atomic E-state index is 3.31. The molecule has 0 aliphatic carbocycles. The molecule has 0 N–H and O–H groups in total. The molecule has 1 aromatic carbocycles. The van der Waals surface area contributed by atoms with Crippen LogP contribution in [0, 0.1) is 6.07 Å². The van der Waals surface area contributed by atoms with Gasteiger partial charge in [-0.25, -0.2) is 0 Å². The Hall–Kier alpha value is -0.430. The first-order valence-electron chi connectivity index (χ1n) is 3.42. The van der Waals surface area contributed by atoms with Crippen molar-refractivity contribution in [1.82, 2.24) is 0 Å². The molecule has 0 nitrogen and oxygen atoms in total. The van der Waals surface area contributed by atoms with Crippen LogP contribution in [0.1, 0.15) is 12.5 Å². The van der Waals surface area contributed by atoms with Crippen molar-refractivity contribution in [3.05, 3.63) is 29.8 Å². The molecule has 0 saturated heterocycles. The largest absolute Gasteiger partial charge is 0.129 e. The molecule has 0 amide bonds. The van der Waals surface area contributed by atoms with E-state index in [0.717, 1.165) is 6.42 Å². The molecule has 1 aromatic rings. The summed E-state index contributed by atoms with van der Waals surface area (Å²) in [5.41, 5.74) is 1.30. The molecule has 1 radical (unpaired) electrons.